The molecular formula is C21H26N4O. The standard InChI is InChI=1S/C19H22N4O.C2H4/c1-3-16(20)18-21-17-11-7-10-15(17)19(22-18)23(2)12-13-24-14-8-5-4-6-9-14;1-2/h3-6,8-9,20H,1,7,10-13H2,2H3;1-2H2. The Hall–Kier alpha value is -2.95. The zero-order valence-electron chi connectivity index (χ0n) is 15.4. The van der Waals surface area contributed by atoms with Crippen LogP contribution in [-0.2, 0) is 12.8 Å². The molecule has 26 heavy (non-hydrogen) atoms. The molecule has 1 aliphatic carbocycles. The number of ether oxygens (including phenoxy) is 1. The van der Waals surface area contributed by atoms with Crippen molar-refractivity contribution in [2.24, 2.45) is 0 Å². The minimum absolute atomic E-state index is 0.264. The lowest BCUT2D eigenvalue weighted by Crippen LogP contribution is -2.27. The molecule has 0 saturated heterocycles. The lowest BCUT2D eigenvalue weighted by Gasteiger charge is -2.21. The summed E-state index contributed by atoms with van der Waals surface area (Å²) in [6.45, 7) is 10.9. The molecule has 1 heterocycles. The highest BCUT2D eigenvalue weighted by Gasteiger charge is 2.22. The number of rotatable bonds is 7. The minimum atomic E-state index is 0.264. The fourth-order valence-corrected chi connectivity index (χ4v) is 2.86. The van der Waals surface area contributed by atoms with E-state index >= 15 is 0 Å². The number of aromatic nitrogens is 2. The largest absolute Gasteiger partial charge is 0.492 e. The van der Waals surface area contributed by atoms with Gasteiger partial charge in [-0.3, -0.25) is 5.41 Å². The van der Waals surface area contributed by atoms with E-state index in [2.05, 4.69) is 34.6 Å². The summed E-state index contributed by atoms with van der Waals surface area (Å²) in [5.41, 5.74) is 2.54. The maximum atomic E-state index is 7.94. The maximum absolute atomic E-state index is 7.94. The van der Waals surface area contributed by atoms with Gasteiger partial charge < -0.3 is 9.64 Å². The van der Waals surface area contributed by atoms with Crippen LogP contribution < -0.4 is 9.64 Å². The molecule has 0 saturated carbocycles. The summed E-state index contributed by atoms with van der Waals surface area (Å²) >= 11 is 0. The summed E-state index contributed by atoms with van der Waals surface area (Å²) in [5.74, 6) is 2.24. The van der Waals surface area contributed by atoms with Crippen LogP contribution in [0.1, 0.15) is 23.5 Å². The van der Waals surface area contributed by atoms with Gasteiger partial charge in [0.2, 0.25) is 0 Å². The molecule has 136 valence electrons. The number of fused-ring (bicyclic) bond motifs is 1. The van der Waals surface area contributed by atoms with E-state index in [0.717, 1.165) is 43.1 Å². The molecule has 0 unspecified atom stereocenters. The summed E-state index contributed by atoms with van der Waals surface area (Å²) in [4.78, 5) is 11.2. The number of para-hydroxylation sites is 1. The Morgan fingerprint density at radius 1 is 1.23 bits per heavy atom. The number of hydrogen-bond donors (Lipinski definition) is 1. The van der Waals surface area contributed by atoms with Gasteiger partial charge in [0.1, 0.15) is 18.2 Å². The van der Waals surface area contributed by atoms with Gasteiger partial charge in [-0.25, -0.2) is 9.97 Å². The van der Waals surface area contributed by atoms with Crippen LogP contribution in [0.4, 0.5) is 5.82 Å². The van der Waals surface area contributed by atoms with Crippen LogP contribution in [0, 0.1) is 5.41 Å². The van der Waals surface area contributed by atoms with E-state index in [1.807, 2.05) is 37.4 Å². The Morgan fingerprint density at radius 2 is 1.96 bits per heavy atom. The first-order chi connectivity index (χ1) is 12.7. The van der Waals surface area contributed by atoms with E-state index in [1.54, 1.807) is 0 Å². The molecule has 2 aromatic rings. The zero-order valence-corrected chi connectivity index (χ0v) is 15.4. The number of anilines is 1. The predicted molar refractivity (Wildman–Crippen MR) is 108 cm³/mol. The third-order valence-corrected chi connectivity index (χ3v) is 4.16. The molecule has 0 fully saturated rings. The summed E-state index contributed by atoms with van der Waals surface area (Å²) < 4.78 is 5.77. The minimum Gasteiger partial charge on any atom is -0.492 e. The van der Waals surface area contributed by atoms with Crippen molar-refractivity contribution in [3.8, 4) is 5.75 Å². The molecule has 0 spiro atoms. The highest BCUT2D eigenvalue weighted by molar-refractivity contribution is 6.03. The number of benzene rings is 1. The fourth-order valence-electron chi connectivity index (χ4n) is 2.86. The van der Waals surface area contributed by atoms with Crippen molar-refractivity contribution >= 4 is 11.5 Å². The first kappa shape index (κ1) is 19.4. The lowest BCUT2D eigenvalue weighted by molar-refractivity contribution is 0.325. The van der Waals surface area contributed by atoms with Crippen molar-refractivity contribution in [2.45, 2.75) is 19.3 Å². The molecule has 0 aliphatic heterocycles. The number of aryl methyl sites for hydroxylation is 1. The second-order valence-corrected chi connectivity index (χ2v) is 5.85. The van der Waals surface area contributed by atoms with Gasteiger partial charge >= 0.3 is 0 Å². The number of likely N-dealkylation sites (N-methyl/N-ethyl adjacent to an activating group) is 1. The third kappa shape index (κ3) is 4.57. The average Bonchev–Trinajstić information content (AvgIpc) is 3.17. The molecule has 1 aromatic heterocycles. The van der Waals surface area contributed by atoms with Gasteiger partial charge in [-0.05, 0) is 37.5 Å². The SMILES string of the molecule is C=C.C=CC(=N)c1nc2c(c(N(C)CCOc3ccccc3)n1)CCC2. The monoisotopic (exact) mass is 350 g/mol. The van der Waals surface area contributed by atoms with E-state index in [0.29, 0.717) is 12.4 Å². The predicted octanol–water partition coefficient (Wildman–Crippen LogP) is 3.84. The highest BCUT2D eigenvalue weighted by atomic mass is 16.5. The first-order valence-corrected chi connectivity index (χ1v) is 8.69. The van der Waals surface area contributed by atoms with Crippen molar-refractivity contribution < 1.29 is 4.74 Å². The van der Waals surface area contributed by atoms with Gasteiger partial charge in [0, 0.05) is 18.3 Å². The Kier molecular flexibility index (Phi) is 7.09. The molecule has 5 nitrogen and oxygen atoms in total. The summed E-state index contributed by atoms with van der Waals surface area (Å²) in [7, 11) is 2.01. The highest BCUT2D eigenvalue weighted by Crippen LogP contribution is 2.28. The lowest BCUT2D eigenvalue weighted by atomic mass is 10.2. The van der Waals surface area contributed by atoms with Crippen LogP contribution in [0.25, 0.3) is 0 Å². The number of hydrogen-bond acceptors (Lipinski definition) is 5. The second-order valence-electron chi connectivity index (χ2n) is 5.85. The Bertz CT molecular complexity index is 758. The van der Waals surface area contributed by atoms with Gasteiger partial charge in [0.15, 0.2) is 5.82 Å². The molecule has 0 atom stereocenters. The third-order valence-electron chi connectivity index (χ3n) is 4.16. The van der Waals surface area contributed by atoms with Crippen molar-refractivity contribution in [1.29, 1.82) is 5.41 Å². The van der Waals surface area contributed by atoms with Gasteiger partial charge in [-0.2, -0.15) is 0 Å². The smallest absolute Gasteiger partial charge is 0.179 e. The van der Waals surface area contributed by atoms with Crippen LogP contribution in [0.15, 0.2) is 56.1 Å². The van der Waals surface area contributed by atoms with Gasteiger partial charge in [0.25, 0.3) is 0 Å². The molecule has 0 bridgehead atoms. The van der Waals surface area contributed by atoms with Crippen LogP contribution in [0.2, 0.25) is 0 Å². The first-order valence-electron chi connectivity index (χ1n) is 8.69. The molecule has 0 radical (unpaired) electrons. The van der Waals surface area contributed by atoms with Crippen LogP contribution in [0.5, 0.6) is 5.75 Å². The Balaban J connectivity index is 0.00000117. The summed E-state index contributed by atoms with van der Waals surface area (Å²) in [6, 6.07) is 9.80. The topological polar surface area (TPSA) is 62.1 Å². The van der Waals surface area contributed by atoms with E-state index in [9.17, 15) is 0 Å². The summed E-state index contributed by atoms with van der Waals surface area (Å²) in [5, 5.41) is 7.94. The molecular weight excluding hydrogens is 324 g/mol. The number of nitrogens with one attached hydrogen (secondary N) is 1. The van der Waals surface area contributed by atoms with Gasteiger partial charge in [-0.1, -0.05) is 24.8 Å². The summed E-state index contributed by atoms with van der Waals surface area (Å²) in [6.07, 6.45) is 4.53. The van der Waals surface area contributed by atoms with Crippen LogP contribution in [-0.4, -0.2) is 35.9 Å². The van der Waals surface area contributed by atoms with E-state index < -0.39 is 0 Å². The molecule has 1 aliphatic rings. The van der Waals surface area contributed by atoms with Crippen molar-refractivity contribution in [2.75, 3.05) is 25.1 Å². The van der Waals surface area contributed by atoms with Gasteiger partial charge in [0.05, 0.1) is 12.3 Å². The van der Waals surface area contributed by atoms with Crippen LogP contribution >= 0.6 is 0 Å². The normalized spacial score (nSPS) is 11.7. The fraction of sp³-hybridized carbons (Fsp3) is 0.286. The quantitative estimate of drug-likeness (QED) is 0.609. The number of allylic oxidation sites excluding steroid dienone is 1. The van der Waals surface area contributed by atoms with Crippen LogP contribution in [0.3, 0.4) is 0 Å². The molecule has 1 aromatic carbocycles. The van der Waals surface area contributed by atoms with Gasteiger partial charge in [-0.15, -0.1) is 13.2 Å². The van der Waals surface area contributed by atoms with E-state index in [4.69, 9.17) is 10.1 Å². The second kappa shape index (κ2) is 9.51. The zero-order chi connectivity index (χ0) is 18.9. The Labute approximate surface area is 155 Å². The van der Waals surface area contributed by atoms with Crippen molar-refractivity contribution in [1.82, 2.24) is 9.97 Å². The molecule has 5 heteroatoms. The van der Waals surface area contributed by atoms with Crippen molar-refractivity contribution in [3.05, 3.63) is 73.2 Å². The molecule has 3 rings (SSSR count). The molecule has 0 amide bonds. The van der Waals surface area contributed by atoms with E-state index in [1.165, 1.54) is 11.6 Å². The van der Waals surface area contributed by atoms with Crippen molar-refractivity contribution in [3.63, 3.8) is 0 Å². The number of nitrogens with zero attached hydrogens (tertiary/aromatic N) is 3. The Morgan fingerprint density at radius 3 is 2.65 bits per heavy atom. The molecule has 1 N–H and O–H groups in total. The average molecular weight is 350 g/mol. The van der Waals surface area contributed by atoms with E-state index in [-0.39, 0.29) is 5.71 Å². The maximum Gasteiger partial charge on any atom is 0.179 e.